The second-order valence-electron chi connectivity index (χ2n) is 3.40. The van der Waals surface area contributed by atoms with Gasteiger partial charge in [0.2, 0.25) is 0 Å². The number of hydrogen-bond acceptors (Lipinski definition) is 3. The van der Waals surface area contributed by atoms with E-state index in [9.17, 15) is 9.18 Å². The second kappa shape index (κ2) is 7.10. The van der Waals surface area contributed by atoms with Gasteiger partial charge in [-0.05, 0) is 17.7 Å². The highest BCUT2D eigenvalue weighted by Gasteiger charge is 1.99. The molecule has 0 heterocycles. The Labute approximate surface area is 105 Å². The molecule has 0 saturated heterocycles. The van der Waals surface area contributed by atoms with Gasteiger partial charge in [0.15, 0.2) is 5.12 Å². The van der Waals surface area contributed by atoms with Gasteiger partial charge in [-0.2, -0.15) is 0 Å². The third-order valence-corrected chi connectivity index (χ3v) is 2.86. The first-order valence-electron chi connectivity index (χ1n) is 5.24. The maximum absolute atomic E-state index is 13.0. The lowest BCUT2D eigenvalue weighted by Gasteiger charge is -2.00. The van der Waals surface area contributed by atoms with E-state index < -0.39 is 0 Å². The molecule has 0 saturated carbocycles. The first kappa shape index (κ1) is 13.8. The van der Waals surface area contributed by atoms with E-state index in [1.165, 1.54) is 30.8 Å². The number of hydrogen-bond donors (Lipinski definition) is 1. The van der Waals surface area contributed by atoms with Crippen LogP contribution in [0.25, 0.3) is 0 Å². The maximum Gasteiger partial charge on any atom is 0.185 e. The number of thioether (sulfide) groups is 1. The summed E-state index contributed by atoms with van der Waals surface area (Å²) in [6.07, 6.45) is 0.602. The Morgan fingerprint density at radius 1 is 1.53 bits per heavy atom. The molecule has 2 nitrogen and oxygen atoms in total. The summed E-state index contributed by atoms with van der Waals surface area (Å²) in [5, 5.41) is 0.0835. The summed E-state index contributed by atoms with van der Waals surface area (Å²) in [6, 6.07) is 4.40. The minimum atomic E-state index is -0.315. The maximum atomic E-state index is 13.0. The molecule has 1 rings (SSSR count). The predicted octanol–water partition coefficient (Wildman–Crippen LogP) is 2.31. The van der Waals surface area contributed by atoms with Crippen LogP contribution in [-0.4, -0.2) is 10.9 Å². The third kappa shape index (κ3) is 5.03. The number of carbonyl (C=O) groups excluding carboxylic acids is 1. The van der Waals surface area contributed by atoms with Crippen molar-refractivity contribution in [3.8, 4) is 11.8 Å². The van der Waals surface area contributed by atoms with Gasteiger partial charge in [0.05, 0.1) is 0 Å². The van der Waals surface area contributed by atoms with Crippen molar-refractivity contribution < 1.29 is 9.18 Å². The van der Waals surface area contributed by atoms with E-state index in [2.05, 4.69) is 11.8 Å². The lowest BCUT2D eigenvalue weighted by molar-refractivity contribution is -0.109. The van der Waals surface area contributed by atoms with Crippen molar-refractivity contribution >= 4 is 16.9 Å². The van der Waals surface area contributed by atoms with Crippen LogP contribution < -0.4 is 5.73 Å². The van der Waals surface area contributed by atoms with Gasteiger partial charge in [-0.3, -0.25) is 4.79 Å². The molecule has 0 radical (unpaired) electrons. The van der Waals surface area contributed by atoms with Crippen molar-refractivity contribution in [2.24, 2.45) is 5.73 Å². The molecule has 0 aromatic heterocycles. The minimum Gasteiger partial charge on any atom is -0.326 e. The molecule has 4 heteroatoms. The van der Waals surface area contributed by atoms with Crippen LogP contribution in [0.1, 0.15) is 24.5 Å². The first-order chi connectivity index (χ1) is 8.13. The van der Waals surface area contributed by atoms with Crippen molar-refractivity contribution in [1.29, 1.82) is 0 Å². The Balaban J connectivity index is 2.64. The SMILES string of the molecule is CC(=O)SCCC#Cc1cc(F)ccc1CN. The van der Waals surface area contributed by atoms with Crippen LogP contribution >= 0.6 is 11.8 Å². The van der Waals surface area contributed by atoms with Crippen LogP contribution in [0.15, 0.2) is 18.2 Å². The monoisotopic (exact) mass is 251 g/mol. The predicted molar refractivity (Wildman–Crippen MR) is 68.9 cm³/mol. The van der Waals surface area contributed by atoms with Crippen LogP contribution in [0, 0.1) is 17.7 Å². The molecule has 0 fully saturated rings. The summed E-state index contributed by atoms with van der Waals surface area (Å²) in [6.45, 7) is 1.86. The van der Waals surface area contributed by atoms with E-state index in [1.807, 2.05) is 0 Å². The Bertz CT molecular complexity index is 462. The number of nitrogens with two attached hydrogens (primary N) is 1. The minimum absolute atomic E-state index is 0.0835. The van der Waals surface area contributed by atoms with Crippen molar-refractivity contribution in [1.82, 2.24) is 0 Å². The summed E-state index contributed by atoms with van der Waals surface area (Å²) in [4.78, 5) is 10.7. The highest BCUT2D eigenvalue weighted by atomic mass is 32.2. The number of halogens is 1. The first-order valence-corrected chi connectivity index (χ1v) is 6.22. The fourth-order valence-corrected chi connectivity index (χ4v) is 1.74. The van der Waals surface area contributed by atoms with E-state index in [0.717, 1.165) is 5.56 Å². The molecule has 0 atom stereocenters. The summed E-state index contributed by atoms with van der Waals surface area (Å²) in [5.41, 5.74) is 6.99. The Morgan fingerprint density at radius 3 is 2.94 bits per heavy atom. The average Bonchev–Trinajstić information content (AvgIpc) is 2.28. The molecular formula is C13H14FNOS. The average molecular weight is 251 g/mol. The van der Waals surface area contributed by atoms with E-state index >= 15 is 0 Å². The number of benzene rings is 1. The molecule has 0 aliphatic rings. The van der Waals surface area contributed by atoms with Gasteiger partial charge in [-0.1, -0.05) is 29.7 Å². The molecule has 0 aliphatic heterocycles. The zero-order valence-corrected chi connectivity index (χ0v) is 10.4. The molecule has 2 N–H and O–H groups in total. The van der Waals surface area contributed by atoms with Crippen LogP contribution in [0.4, 0.5) is 4.39 Å². The van der Waals surface area contributed by atoms with E-state index in [0.29, 0.717) is 24.3 Å². The fourth-order valence-electron chi connectivity index (χ4n) is 1.25. The molecule has 0 spiro atoms. The van der Waals surface area contributed by atoms with E-state index in [-0.39, 0.29) is 10.9 Å². The zero-order chi connectivity index (χ0) is 12.7. The summed E-state index contributed by atoms with van der Waals surface area (Å²) in [5.74, 6) is 6.14. The lowest BCUT2D eigenvalue weighted by Crippen LogP contribution is -1.99. The van der Waals surface area contributed by atoms with Crippen molar-refractivity contribution in [2.75, 3.05) is 5.75 Å². The molecule has 0 amide bonds. The molecular weight excluding hydrogens is 237 g/mol. The van der Waals surface area contributed by atoms with Crippen LogP contribution in [-0.2, 0) is 11.3 Å². The smallest absolute Gasteiger partial charge is 0.185 e. The van der Waals surface area contributed by atoms with Crippen molar-refractivity contribution in [3.05, 3.63) is 35.1 Å². The number of carbonyl (C=O) groups is 1. The Morgan fingerprint density at radius 2 is 2.29 bits per heavy atom. The van der Waals surface area contributed by atoms with Gasteiger partial charge in [-0.15, -0.1) is 0 Å². The molecule has 0 unspecified atom stereocenters. The fraction of sp³-hybridized carbons (Fsp3) is 0.308. The molecule has 17 heavy (non-hydrogen) atoms. The quantitative estimate of drug-likeness (QED) is 0.662. The highest BCUT2D eigenvalue weighted by Crippen LogP contribution is 2.09. The second-order valence-corrected chi connectivity index (χ2v) is 4.67. The zero-order valence-electron chi connectivity index (χ0n) is 9.63. The third-order valence-electron chi connectivity index (χ3n) is 2.05. The molecule has 1 aromatic carbocycles. The molecule has 0 aliphatic carbocycles. The van der Waals surface area contributed by atoms with Gasteiger partial charge >= 0.3 is 0 Å². The highest BCUT2D eigenvalue weighted by molar-refractivity contribution is 8.13. The topological polar surface area (TPSA) is 43.1 Å². The van der Waals surface area contributed by atoms with Crippen LogP contribution in [0.2, 0.25) is 0 Å². The number of rotatable bonds is 3. The standard InChI is InChI=1S/C13H14FNOS/c1-10(16)17-7-3-2-4-11-8-13(14)6-5-12(11)9-15/h5-6,8H,3,7,9,15H2,1H3. The van der Waals surface area contributed by atoms with Crippen molar-refractivity contribution in [2.45, 2.75) is 19.9 Å². The van der Waals surface area contributed by atoms with Crippen molar-refractivity contribution in [3.63, 3.8) is 0 Å². The summed E-state index contributed by atoms with van der Waals surface area (Å²) >= 11 is 1.24. The normalized spacial score (nSPS) is 9.59. The van der Waals surface area contributed by atoms with Gasteiger partial charge in [0.25, 0.3) is 0 Å². The van der Waals surface area contributed by atoms with E-state index in [4.69, 9.17) is 5.73 Å². The molecule has 1 aromatic rings. The summed E-state index contributed by atoms with van der Waals surface area (Å²) < 4.78 is 13.0. The Hall–Kier alpha value is -1.31. The van der Waals surface area contributed by atoms with Gasteiger partial charge < -0.3 is 5.73 Å². The van der Waals surface area contributed by atoms with Gasteiger partial charge in [0.1, 0.15) is 5.82 Å². The van der Waals surface area contributed by atoms with Gasteiger partial charge in [0, 0.05) is 31.2 Å². The Kier molecular flexibility index (Phi) is 5.75. The summed E-state index contributed by atoms with van der Waals surface area (Å²) in [7, 11) is 0. The molecule has 90 valence electrons. The van der Waals surface area contributed by atoms with Crippen LogP contribution in [0.5, 0.6) is 0 Å². The molecule has 0 bridgehead atoms. The largest absolute Gasteiger partial charge is 0.326 e. The van der Waals surface area contributed by atoms with E-state index in [1.54, 1.807) is 6.07 Å². The van der Waals surface area contributed by atoms with Crippen LogP contribution in [0.3, 0.4) is 0 Å². The lowest BCUT2D eigenvalue weighted by atomic mass is 10.1. The van der Waals surface area contributed by atoms with Gasteiger partial charge in [-0.25, -0.2) is 4.39 Å².